The summed E-state index contributed by atoms with van der Waals surface area (Å²) in [5.41, 5.74) is 7.20. The van der Waals surface area contributed by atoms with Crippen LogP contribution in [0.2, 0.25) is 0 Å². The third-order valence-corrected chi connectivity index (χ3v) is 4.43. The van der Waals surface area contributed by atoms with E-state index in [-0.39, 0.29) is 12.1 Å². The molecule has 1 amide bonds. The Kier molecular flexibility index (Phi) is 4.89. The molecular weight excluding hydrogens is 330 g/mol. The van der Waals surface area contributed by atoms with Gasteiger partial charge < -0.3 is 20.3 Å². The highest BCUT2D eigenvalue weighted by atomic mass is 16.6. The number of nitrogen functional groups attached to an aromatic ring is 1. The molecule has 3 rings (SSSR count). The summed E-state index contributed by atoms with van der Waals surface area (Å²) < 4.78 is 5.54. The molecule has 140 valence electrons. The lowest BCUT2D eigenvalue weighted by Gasteiger charge is -2.31. The number of amides is 1. The Morgan fingerprint density at radius 3 is 2.62 bits per heavy atom. The molecule has 0 aliphatic carbocycles. The van der Waals surface area contributed by atoms with Gasteiger partial charge in [0.25, 0.3) is 0 Å². The summed E-state index contributed by atoms with van der Waals surface area (Å²) in [4.78, 5) is 25.3. The number of benzene rings is 1. The molecule has 0 bridgehead atoms. The van der Waals surface area contributed by atoms with Crippen LogP contribution in [0.25, 0.3) is 11.0 Å². The minimum Gasteiger partial charge on any atom is -0.444 e. The summed E-state index contributed by atoms with van der Waals surface area (Å²) in [6, 6.07) is 7.73. The van der Waals surface area contributed by atoms with Crippen molar-refractivity contribution in [3.8, 4) is 0 Å². The molecule has 2 aromatic rings. The monoisotopic (exact) mass is 357 g/mol. The highest BCUT2D eigenvalue weighted by Crippen LogP contribution is 2.25. The summed E-state index contributed by atoms with van der Waals surface area (Å²) in [5, 5.41) is 0. The average molecular weight is 357 g/mol. The van der Waals surface area contributed by atoms with Gasteiger partial charge in [-0.25, -0.2) is 14.8 Å². The number of ether oxygens (including phenoxy) is 1. The fraction of sp³-hybridized carbons (Fsp3) is 0.526. The van der Waals surface area contributed by atoms with Crippen LogP contribution in [0.15, 0.2) is 24.3 Å². The van der Waals surface area contributed by atoms with E-state index >= 15 is 0 Å². The van der Waals surface area contributed by atoms with Crippen LogP contribution in [-0.2, 0) is 4.74 Å². The van der Waals surface area contributed by atoms with E-state index in [1.54, 1.807) is 0 Å². The van der Waals surface area contributed by atoms with Crippen LogP contribution < -0.4 is 10.6 Å². The van der Waals surface area contributed by atoms with E-state index < -0.39 is 5.60 Å². The molecule has 2 N–H and O–H groups in total. The predicted molar refractivity (Wildman–Crippen MR) is 103 cm³/mol. The zero-order valence-corrected chi connectivity index (χ0v) is 15.9. The molecule has 1 aliphatic rings. The van der Waals surface area contributed by atoms with Crippen LogP contribution >= 0.6 is 0 Å². The molecule has 1 fully saturated rings. The fourth-order valence-electron chi connectivity index (χ4n) is 3.27. The standard InChI is InChI=1S/C19H27N5O2/c1-19(2,3)26-18(25)24-11-7-8-13(24)12-23(4)17-16(20)21-14-9-5-6-10-15(14)22-17/h5-6,9-10,13H,7-8,11-12H2,1-4H3,(H2,20,21). The van der Waals surface area contributed by atoms with Crippen molar-refractivity contribution in [2.24, 2.45) is 0 Å². The van der Waals surface area contributed by atoms with Crippen molar-refractivity contribution in [2.75, 3.05) is 30.8 Å². The van der Waals surface area contributed by atoms with Gasteiger partial charge in [0.1, 0.15) is 5.60 Å². The second-order valence-electron chi connectivity index (χ2n) is 7.77. The quantitative estimate of drug-likeness (QED) is 0.909. The highest BCUT2D eigenvalue weighted by molar-refractivity contribution is 5.79. The zero-order valence-electron chi connectivity index (χ0n) is 15.9. The molecule has 1 aromatic carbocycles. The first-order chi connectivity index (χ1) is 12.2. The number of likely N-dealkylation sites (tertiary alicyclic amines) is 1. The number of rotatable bonds is 3. The fourth-order valence-corrected chi connectivity index (χ4v) is 3.27. The van der Waals surface area contributed by atoms with Gasteiger partial charge in [-0.2, -0.15) is 0 Å². The smallest absolute Gasteiger partial charge is 0.410 e. The van der Waals surface area contributed by atoms with Crippen LogP contribution in [0, 0.1) is 0 Å². The van der Waals surface area contributed by atoms with Gasteiger partial charge in [-0.1, -0.05) is 12.1 Å². The number of likely N-dealkylation sites (N-methyl/N-ethyl adjacent to an activating group) is 1. The number of para-hydroxylation sites is 2. The van der Waals surface area contributed by atoms with Crippen molar-refractivity contribution in [2.45, 2.75) is 45.3 Å². The molecule has 0 radical (unpaired) electrons. The normalized spacial score (nSPS) is 17.5. The lowest BCUT2D eigenvalue weighted by atomic mass is 10.2. The molecule has 0 spiro atoms. The van der Waals surface area contributed by atoms with Crippen LogP contribution in [-0.4, -0.2) is 52.7 Å². The third-order valence-electron chi connectivity index (χ3n) is 4.43. The van der Waals surface area contributed by atoms with Gasteiger partial charge in [0.15, 0.2) is 11.6 Å². The van der Waals surface area contributed by atoms with E-state index in [0.29, 0.717) is 24.7 Å². The minimum atomic E-state index is -0.496. The van der Waals surface area contributed by atoms with Crippen LogP contribution in [0.1, 0.15) is 33.6 Å². The molecule has 0 saturated carbocycles. The maximum absolute atomic E-state index is 12.5. The Bertz CT molecular complexity index is 802. The van der Waals surface area contributed by atoms with Crippen molar-refractivity contribution >= 4 is 28.8 Å². The number of hydrogen-bond acceptors (Lipinski definition) is 6. The van der Waals surface area contributed by atoms with Crippen molar-refractivity contribution in [1.82, 2.24) is 14.9 Å². The maximum atomic E-state index is 12.5. The van der Waals surface area contributed by atoms with Gasteiger partial charge in [0.05, 0.1) is 17.1 Å². The first-order valence-corrected chi connectivity index (χ1v) is 8.97. The highest BCUT2D eigenvalue weighted by Gasteiger charge is 2.33. The maximum Gasteiger partial charge on any atom is 0.410 e. The summed E-state index contributed by atoms with van der Waals surface area (Å²) in [6.07, 6.45) is 1.65. The second kappa shape index (κ2) is 6.97. The minimum absolute atomic E-state index is 0.0718. The number of carbonyl (C=O) groups excluding carboxylic acids is 1. The lowest BCUT2D eigenvalue weighted by Crippen LogP contribution is -2.44. The Morgan fingerprint density at radius 2 is 1.96 bits per heavy atom. The van der Waals surface area contributed by atoms with E-state index in [9.17, 15) is 4.79 Å². The van der Waals surface area contributed by atoms with Crippen LogP contribution in [0.3, 0.4) is 0 Å². The Balaban J connectivity index is 1.75. The number of fused-ring (bicyclic) bond motifs is 1. The molecule has 1 unspecified atom stereocenters. The van der Waals surface area contributed by atoms with Gasteiger partial charge in [0, 0.05) is 20.1 Å². The number of hydrogen-bond donors (Lipinski definition) is 1. The molecule has 7 heteroatoms. The number of carbonyl (C=O) groups is 1. The topological polar surface area (TPSA) is 84.6 Å². The Hall–Kier alpha value is -2.57. The molecule has 7 nitrogen and oxygen atoms in total. The molecule has 1 saturated heterocycles. The van der Waals surface area contributed by atoms with Crippen molar-refractivity contribution in [1.29, 1.82) is 0 Å². The summed E-state index contributed by atoms with van der Waals surface area (Å²) in [6.45, 7) is 7.00. The molecule has 1 aliphatic heterocycles. The van der Waals surface area contributed by atoms with Gasteiger partial charge in [-0.3, -0.25) is 0 Å². The van der Waals surface area contributed by atoms with Gasteiger partial charge in [-0.15, -0.1) is 0 Å². The van der Waals surface area contributed by atoms with Crippen molar-refractivity contribution < 1.29 is 9.53 Å². The summed E-state index contributed by atoms with van der Waals surface area (Å²) in [7, 11) is 1.93. The van der Waals surface area contributed by atoms with E-state index in [2.05, 4.69) is 9.97 Å². The van der Waals surface area contributed by atoms with Crippen molar-refractivity contribution in [3.05, 3.63) is 24.3 Å². The lowest BCUT2D eigenvalue weighted by molar-refractivity contribution is 0.0232. The summed E-state index contributed by atoms with van der Waals surface area (Å²) in [5.74, 6) is 1.03. The molecule has 2 heterocycles. The molecule has 1 aromatic heterocycles. The van der Waals surface area contributed by atoms with Gasteiger partial charge in [-0.05, 0) is 45.7 Å². The number of nitrogens with two attached hydrogens (primary N) is 1. The zero-order chi connectivity index (χ0) is 18.9. The summed E-state index contributed by atoms with van der Waals surface area (Å²) >= 11 is 0. The van der Waals surface area contributed by atoms with E-state index in [1.165, 1.54) is 0 Å². The molecular formula is C19H27N5O2. The van der Waals surface area contributed by atoms with Gasteiger partial charge >= 0.3 is 6.09 Å². The molecule has 26 heavy (non-hydrogen) atoms. The SMILES string of the molecule is CN(CC1CCCN1C(=O)OC(C)(C)C)c1nc2ccccc2nc1N. The van der Waals surface area contributed by atoms with E-state index in [1.807, 2.05) is 61.9 Å². The Morgan fingerprint density at radius 1 is 1.31 bits per heavy atom. The average Bonchev–Trinajstić information content (AvgIpc) is 3.00. The molecule has 1 atom stereocenters. The first kappa shape index (κ1) is 18.2. The predicted octanol–water partition coefficient (Wildman–Crippen LogP) is 3.05. The first-order valence-electron chi connectivity index (χ1n) is 8.97. The number of aromatic nitrogens is 2. The second-order valence-corrected chi connectivity index (χ2v) is 7.77. The van der Waals surface area contributed by atoms with Gasteiger partial charge in [0.2, 0.25) is 0 Å². The van der Waals surface area contributed by atoms with Crippen LogP contribution in [0.4, 0.5) is 16.4 Å². The largest absolute Gasteiger partial charge is 0.444 e. The number of nitrogens with zero attached hydrogens (tertiary/aromatic N) is 4. The van der Waals surface area contributed by atoms with Crippen molar-refractivity contribution in [3.63, 3.8) is 0 Å². The van der Waals surface area contributed by atoms with E-state index in [0.717, 1.165) is 23.9 Å². The Labute approximate surface area is 154 Å². The van der Waals surface area contributed by atoms with E-state index in [4.69, 9.17) is 10.5 Å². The number of anilines is 2. The third kappa shape index (κ3) is 3.98. The van der Waals surface area contributed by atoms with Crippen LogP contribution in [0.5, 0.6) is 0 Å².